The summed E-state index contributed by atoms with van der Waals surface area (Å²) in [6.45, 7) is 0. The van der Waals surface area contributed by atoms with Crippen molar-refractivity contribution in [1.29, 1.82) is 0 Å². The molecule has 0 aliphatic rings. The highest BCUT2D eigenvalue weighted by Crippen LogP contribution is 2.19. The Balaban J connectivity index is 2.62. The van der Waals surface area contributed by atoms with Gasteiger partial charge >= 0.3 is 5.97 Å². The van der Waals surface area contributed by atoms with Crippen LogP contribution >= 0.6 is 27.5 Å². The van der Waals surface area contributed by atoms with Crippen molar-refractivity contribution in [3.05, 3.63) is 40.8 Å². The van der Waals surface area contributed by atoms with Crippen molar-refractivity contribution in [2.75, 3.05) is 5.33 Å². The van der Waals surface area contributed by atoms with Crippen LogP contribution in [0.2, 0.25) is 5.02 Å². The maximum absolute atomic E-state index is 11.5. The number of pyridine rings is 1. The molecule has 2 aromatic heterocycles. The van der Waals surface area contributed by atoms with E-state index in [1.807, 2.05) is 0 Å². The van der Waals surface area contributed by atoms with E-state index in [0.29, 0.717) is 0 Å². The minimum absolute atomic E-state index is 0.0380. The van der Waals surface area contributed by atoms with Crippen molar-refractivity contribution in [3.63, 3.8) is 0 Å². The lowest BCUT2D eigenvalue weighted by molar-refractivity contribution is 0.0686. The number of halogens is 2. The number of alkyl halides is 1. The molecule has 2 heterocycles. The van der Waals surface area contributed by atoms with Gasteiger partial charge in [0.2, 0.25) is 0 Å². The number of aromatic nitrogens is 3. The van der Waals surface area contributed by atoms with Crippen molar-refractivity contribution in [2.24, 2.45) is 0 Å². The second-order valence-corrected chi connectivity index (χ2v) is 4.47. The first kappa shape index (κ1) is 13.7. The lowest BCUT2D eigenvalue weighted by Crippen LogP contribution is -2.10. The summed E-state index contributed by atoms with van der Waals surface area (Å²) in [5.41, 5.74) is -0.138. The number of aromatic carboxylic acids is 1. The fourth-order valence-corrected chi connectivity index (χ4v) is 1.92. The maximum Gasteiger partial charge on any atom is 0.354 e. The zero-order valence-electron chi connectivity index (χ0n) is 9.38. The van der Waals surface area contributed by atoms with Crippen LogP contribution in [0.1, 0.15) is 21.0 Å². The minimum atomic E-state index is -1.22. The van der Waals surface area contributed by atoms with Crippen LogP contribution in [-0.2, 0) is 0 Å². The molecule has 0 spiro atoms. The topological polar surface area (TPSA) is 85.1 Å². The monoisotopic (exact) mass is 343 g/mol. The molecule has 0 unspecified atom stereocenters. The Morgan fingerprint density at radius 1 is 1.47 bits per heavy atom. The molecular weight excluding hydrogens is 337 g/mol. The summed E-state index contributed by atoms with van der Waals surface area (Å²) in [5.74, 6) is -1.38. The van der Waals surface area contributed by atoms with E-state index in [1.54, 1.807) is 12.1 Å². The van der Waals surface area contributed by atoms with E-state index < -0.39 is 5.97 Å². The van der Waals surface area contributed by atoms with Gasteiger partial charge in [0, 0.05) is 12.3 Å². The van der Waals surface area contributed by atoms with E-state index in [-0.39, 0.29) is 33.3 Å². The number of nitrogens with zero attached hydrogens (tertiary/aromatic N) is 3. The highest BCUT2D eigenvalue weighted by atomic mass is 79.9. The summed E-state index contributed by atoms with van der Waals surface area (Å²) in [5, 5.41) is 13.4. The summed E-state index contributed by atoms with van der Waals surface area (Å²) in [6.07, 6.45) is 1.46. The smallest absolute Gasteiger partial charge is 0.354 e. The summed E-state index contributed by atoms with van der Waals surface area (Å²) in [7, 11) is 0. The highest BCUT2D eigenvalue weighted by Gasteiger charge is 2.20. The lowest BCUT2D eigenvalue weighted by Gasteiger charge is -2.04. The second kappa shape index (κ2) is 5.50. The lowest BCUT2D eigenvalue weighted by atomic mass is 10.3. The fourth-order valence-electron chi connectivity index (χ4n) is 1.43. The third-order valence-corrected chi connectivity index (χ3v) is 3.08. The molecule has 0 fully saturated rings. The molecule has 98 valence electrons. The van der Waals surface area contributed by atoms with Gasteiger partial charge in [0.15, 0.2) is 17.3 Å². The molecule has 0 bridgehead atoms. The number of rotatable bonds is 4. The van der Waals surface area contributed by atoms with Crippen molar-refractivity contribution in [2.45, 2.75) is 0 Å². The SMILES string of the molecule is O=C(CBr)c1cc(C(=O)O)n(-c2ncccc2Cl)n1. The quantitative estimate of drug-likeness (QED) is 0.679. The molecule has 0 atom stereocenters. The normalized spacial score (nSPS) is 10.4. The molecule has 0 amide bonds. The van der Waals surface area contributed by atoms with Crippen LogP contribution in [0.15, 0.2) is 24.4 Å². The van der Waals surface area contributed by atoms with Crippen LogP contribution in [0, 0.1) is 0 Å². The van der Waals surface area contributed by atoms with Crippen LogP contribution in [-0.4, -0.2) is 37.0 Å². The number of hydrogen-bond acceptors (Lipinski definition) is 4. The molecule has 0 saturated heterocycles. The Morgan fingerprint density at radius 3 is 2.79 bits per heavy atom. The summed E-state index contributed by atoms with van der Waals surface area (Å²) >= 11 is 8.95. The molecule has 0 aliphatic heterocycles. The van der Waals surface area contributed by atoms with Crippen molar-refractivity contribution in [3.8, 4) is 5.82 Å². The molecule has 6 nitrogen and oxygen atoms in total. The number of carbonyl (C=O) groups is 2. The first-order chi connectivity index (χ1) is 9.04. The zero-order valence-corrected chi connectivity index (χ0v) is 11.7. The summed E-state index contributed by atoms with van der Waals surface area (Å²) < 4.78 is 1.04. The number of ketones is 1. The van der Waals surface area contributed by atoms with Crippen LogP contribution in [0.5, 0.6) is 0 Å². The number of Topliss-reactive ketones (excluding diaryl/α,β-unsaturated/α-hetero) is 1. The minimum Gasteiger partial charge on any atom is -0.477 e. The van der Waals surface area contributed by atoms with Gasteiger partial charge in [0.05, 0.1) is 10.4 Å². The predicted molar refractivity (Wildman–Crippen MR) is 71.5 cm³/mol. The Kier molecular flexibility index (Phi) is 3.96. The number of carboxylic acids is 1. The third-order valence-electron chi connectivity index (χ3n) is 2.28. The molecule has 0 aliphatic carbocycles. The number of hydrogen-bond donors (Lipinski definition) is 1. The van der Waals surface area contributed by atoms with Crippen LogP contribution in [0.4, 0.5) is 0 Å². The summed E-state index contributed by atoms with van der Waals surface area (Å²) in [4.78, 5) is 26.7. The van der Waals surface area contributed by atoms with Gasteiger partial charge in [0.1, 0.15) is 5.69 Å². The zero-order chi connectivity index (χ0) is 14.0. The molecule has 2 rings (SSSR count). The van der Waals surface area contributed by atoms with Gasteiger partial charge in [-0.3, -0.25) is 4.79 Å². The molecule has 0 aromatic carbocycles. The van der Waals surface area contributed by atoms with Gasteiger partial charge in [-0.1, -0.05) is 27.5 Å². The van der Waals surface area contributed by atoms with E-state index in [9.17, 15) is 9.59 Å². The second-order valence-electron chi connectivity index (χ2n) is 3.50. The van der Waals surface area contributed by atoms with Crippen molar-refractivity contribution in [1.82, 2.24) is 14.8 Å². The molecule has 19 heavy (non-hydrogen) atoms. The number of carboxylic acid groups (broad SMARTS) is 1. The molecule has 2 aromatic rings. The average molecular weight is 345 g/mol. The Labute approximate surface area is 121 Å². The molecule has 0 radical (unpaired) electrons. The van der Waals surface area contributed by atoms with E-state index in [2.05, 4.69) is 26.0 Å². The molecule has 8 heteroatoms. The number of carbonyl (C=O) groups excluding carboxylic acids is 1. The van der Waals surface area contributed by atoms with E-state index in [4.69, 9.17) is 16.7 Å². The van der Waals surface area contributed by atoms with Gasteiger partial charge in [-0.15, -0.1) is 0 Å². The van der Waals surface area contributed by atoms with E-state index in [0.717, 1.165) is 4.68 Å². The van der Waals surface area contributed by atoms with Gasteiger partial charge in [0.25, 0.3) is 0 Å². The van der Waals surface area contributed by atoms with Crippen molar-refractivity contribution < 1.29 is 14.7 Å². The predicted octanol–water partition coefficient (Wildman–Crippen LogP) is 2.20. The maximum atomic E-state index is 11.5. The van der Waals surface area contributed by atoms with Crippen LogP contribution < -0.4 is 0 Å². The fraction of sp³-hybridized carbons (Fsp3) is 0.0909. The molecular formula is C11H7BrClN3O3. The first-order valence-electron chi connectivity index (χ1n) is 5.08. The molecule has 0 saturated carbocycles. The largest absolute Gasteiger partial charge is 0.477 e. The van der Waals surface area contributed by atoms with Crippen molar-refractivity contribution >= 4 is 39.3 Å². The van der Waals surface area contributed by atoms with Gasteiger partial charge in [-0.2, -0.15) is 5.10 Å². The first-order valence-corrected chi connectivity index (χ1v) is 6.58. The average Bonchev–Trinajstić information content (AvgIpc) is 2.83. The Morgan fingerprint density at radius 2 is 2.21 bits per heavy atom. The van der Waals surface area contributed by atoms with Gasteiger partial charge in [-0.05, 0) is 12.1 Å². The highest BCUT2D eigenvalue weighted by molar-refractivity contribution is 9.09. The molecule has 1 N–H and O–H groups in total. The van der Waals surface area contributed by atoms with Gasteiger partial charge < -0.3 is 5.11 Å². The standard InChI is InChI=1S/C11H7BrClN3O3/c12-5-9(17)7-4-8(11(18)19)16(15-7)10-6(13)2-1-3-14-10/h1-4H,5H2,(H,18,19). The Hall–Kier alpha value is -1.73. The van der Waals surface area contributed by atoms with Gasteiger partial charge in [-0.25, -0.2) is 14.5 Å². The van der Waals surface area contributed by atoms with Crippen LogP contribution in [0.25, 0.3) is 5.82 Å². The third kappa shape index (κ3) is 2.66. The van der Waals surface area contributed by atoms with Crippen LogP contribution in [0.3, 0.4) is 0 Å². The summed E-state index contributed by atoms with van der Waals surface area (Å²) in [6, 6.07) is 4.36. The van der Waals surface area contributed by atoms with E-state index in [1.165, 1.54) is 12.3 Å². The van der Waals surface area contributed by atoms with E-state index >= 15 is 0 Å². The Bertz CT molecular complexity index is 656.